The van der Waals surface area contributed by atoms with E-state index in [1.807, 2.05) is 32.0 Å². The average molecular weight is 364 g/mol. The van der Waals surface area contributed by atoms with Gasteiger partial charge in [-0.15, -0.1) is 0 Å². The van der Waals surface area contributed by atoms with Gasteiger partial charge in [-0.25, -0.2) is 0 Å². The number of hydrogen-bond donors (Lipinski definition) is 1. The van der Waals surface area contributed by atoms with Crippen molar-refractivity contribution in [2.24, 2.45) is 0 Å². The lowest BCUT2D eigenvalue weighted by atomic mass is 10.1. The van der Waals surface area contributed by atoms with E-state index in [0.717, 1.165) is 41.5 Å². The third-order valence-corrected chi connectivity index (χ3v) is 4.68. The van der Waals surface area contributed by atoms with Crippen molar-refractivity contribution in [3.05, 3.63) is 40.2 Å². The predicted octanol–water partition coefficient (Wildman–Crippen LogP) is 3.35. The van der Waals surface area contributed by atoms with Gasteiger partial charge in [0.15, 0.2) is 0 Å². The molecule has 1 aromatic carbocycles. The normalized spacial score (nSPS) is 14.6. The van der Waals surface area contributed by atoms with Crippen molar-refractivity contribution in [3.8, 4) is 0 Å². The monoisotopic (exact) mass is 363 g/mol. The number of carbonyl (C=O) groups excluding carboxylic acids is 1. The minimum absolute atomic E-state index is 0.0585. The van der Waals surface area contributed by atoms with Crippen LogP contribution in [0.3, 0.4) is 0 Å². The van der Waals surface area contributed by atoms with Crippen LogP contribution in [0.4, 0.5) is 11.4 Å². The van der Waals surface area contributed by atoms with Crippen molar-refractivity contribution in [3.63, 3.8) is 0 Å². The van der Waals surface area contributed by atoms with Crippen molar-refractivity contribution >= 4 is 28.9 Å². The van der Waals surface area contributed by atoms with Gasteiger partial charge in [0, 0.05) is 25.1 Å². The second-order valence-corrected chi connectivity index (χ2v) is 6.49. The fraction of sp³-hybridized carbons (Fsp3) is 0.444. The summed E-state index contributed by atoms with van der Waals surface area (Å²) >= 11 is 6.39. The molecular weight excluding hydrogens is 342 g/mol. The number of carbonyl (C=O) groups is 1. The summed E-state index contributed by atoms with van der Waals surface area (Å²) in [6, 6.07) is 5.56. The Hall–Kier alpha value is -2.05. The van der Waals surface area contributed by atoms with Gasteiger partial charge in [0.05, 0.1) is 35.3 Å². The smallest absolute Gasteiger partial charge is 0.224 e. The minimum Gasteiger partial charge on any atom is -0.378 e. The first-order chi connectivity index (χ1) is 12.1. The minimum atomic E-state index is -0.0585. The lowest BCUT2D eigenvalue weighted by Gasteiger charge is -2.31. The second-order valence-electron chi connectivity index (χ2n) is 6.09. The van der Waals surface area contributed by atoms with Crippen molar-refractivity contribution < 1.29 is 14.1 Å². The summed E-state index contributed by atoms with van der Waals surface area (Å²) in [5, 5.41) is 7.55. The van der Waals surface area contributed by atoms with Crippen molar-refractivity contribution in [2.45, 2.75) is 26.7 Å². The number of hydrogen-bond acceptors (Lipinski definition) is 5. The highest BCUT2D eigenvalue weighted by Gasteiger charge is 2.19. The van der Waals surface area contributed by atoms with Crippen LogP contribution in [0.25, 0.3) is 0 Å². The predicted molar refractivity (Wildman–Crippen MR) is 97.4 cm³/mol. The number of aryl methyl sites for hydroxylation is 2. The molecule has 0 atom stereocenters. The quantitative estimate of drug-likeness (QED) is 0.882. The van der Waals surface area contributed by atoms with Crippen LogP contribution in [0, 0.1) is 13.8 Å². The van der Waals surface area contributed by atoms with Crippen LogP contribution in [0.5, 0.6) is 0 Å². The molecule has 0 radical (unpaired) electrons. The molecule has 1 amide bonds. The molecule has 25 heavy (non-hydrogen) atoms. The summed E-state index contributed by atoms with van der Waals surface area (Å²) in [6.45, 7) is 6.57. The molecule has 134 valence electrons. The number of nitrogens with one attached hydrogen (secondary N) is 1. The van der Waals surface area contributed by atoms with Crippen LogP contribution in [0.2, 0.25) is 5.02 Å². The highest BCUT2D eigenvalue weighted by atomic mass is 35.5. The van der Waals surface area contributed by atoms with E-state index in [1.165, 1.54) is 0 Å². The Morgan fingerprint density at radius 1 is 1.32 bits per heavy atom. The summed E-state index contributed by atoms with van der Waals surface area (Å²) in [5.41, 5.74) is 3.42. The molecule has 0 saturated carbocycles. The van der Waals surface area contributed by atoms with Crippen molar-refractivity contribution in [1.82, 2.24) is 5.16 Å². The van der Waals surface area contributed by atoms with Crippen LogP contribution >= 0.6 is 11.6 Å². The lowest BCUT2D eigenvalue weighted by Crippen LogP contribution is -2.37. The summed E-state index contributed by atoms with van der Waals surface area (Å²) in [4.78, 5) is 14.6. The topological polar surface area (TPSA) is 67.6 Å². The standard InChI is InChI=1S/C18H22ClN3O3/c1-12-14(13(2)25-21-12)6-7-17(23)20-16-5-3-4-15(19)18(16)22-8-10-24-11-9-22/h3-5H,6-11H2,1-2H3,(H,20,23). The molecular formula is C18H22ClN3O3. The van der Waals surface area contributed by atoms with Gasteiger partial charge in [0.25, 0.3) is 0 Å². The third kappa shape index (κ3) is 4.14. The van der Waals surface area contributed by atoms with Gasteiger partial charge in [0.2, 0.25) is 5.91 Å². The zero-order valence-corrected chi connectivity index (χ0v) is 15.2. The van der Waals surface area contributed by atoms with Crippen molar-refractivity contribution in [1.29, 1.82) is 0 Å². The number of morpholine rings is 1. The van der Waals surface area contributed by atoms with Gasteiger partial charge < -0.3 is 19.5 Å². The van der Waals surface area contributed by atoms with Gasteiger partial charge in [-0.05, 0) is 32.4 Å². The SMILES string of the molecule is Cc1noc(C)c1CCC(=O)Nc1cccc(Cl)c1N1CCOCC1. The van der Waals surface area contributed by atoms with E-state index in [2.05, 4.69) is 15.4 Å². The number of rotatable bonds is 5. The maximum atomic E-state index is 12.4. The highest BCUT2D eigenvalue weighted by molar-refractivity contribution is 6.34. The lowest BCUT2D eigenvalue weighted by molar-refractivity contribution is -0.116. The summed E-state index contributed by atoms with van der Waals surface area (Å²) in [7, 11) is 0. The number of benzene rings is 1. The number of ether oxygens (including phenoxy) is 1. The molecule has 1 fully saturated rings. The maximum Gasteiger partial charge on any atom is 0.224 e. The number of aromatic nitrogens is 1. The van der Waals surface area contributed by atoms with Gasteiger partial charge in [-0.1, -0.05) is 22.8 Å². The first kappa shape index (κ1) is 17.8. The summed E-state index contributed by atoms with van der Waals surface area (Å²) in [6.07, 6.45) is 0.957. The number of amides is 1. The molecule has 1 aliphatic heterocycles. The molecule has 2 aromatic rings. The molecule has 1 saturated heterocycles. The molecule has 0 bridgehead atoms. The first-order valence-electron chi connectivity index (χ1n) is 8.39. The molecule has 1 N–H and O–H groups in total. The Morgan fingerprint density at radius 2 is 2.08 bits per heavy atom. The second kappa shape index (κ2) is 7.89. The number of anilines is 2. The fourth-order valence-electron chi connectivity index (χ4n) is 3.03. The Kier molecular flexibility index (Phi) is 5.60. The molecule has 2 heterocycles. The van der Waals surface area contributed by atoms with Crippen LogP contribution in [0.1, 0.15) is 23.4 Å². The maximum absolute atomic E-state index is 12.4. The van der Waals surface area contributed by atoms with Gasteiger partial charge in [-0.3, -0.25) is 4.79 Å². The van der Waals surface area contributed by atoms with E-state index in [0.29, 0.717) is 31.1 Å². The van der Waals surface area contributed by atoms with E-state index in [-0.39, 0.29) is 5.91 Å². The molecule has 1 aromatic heterocycles. The van der Waals surface area contributed by atoms with E-state index in [4.69, 9.17) is 20.9 Å². The third-order valence-electron chi connectivity index (χ3n) is 4.37. The molecule has 1 aliphatic rings. The van der Waals surface area contributed by atoms with Gasteiger partial charge in [-0.2, -0.15) is 0 Å². The Balaban J connectivity index is 1.69. The van der Waals surface area contributed by atoms with Gasteiger partial charge >= 0.3 is 0 Å². The highest BCUT2D eigenvalue weighted by Crippen LogP contribution is 2.34. The van der Waals surface area contributed by atoms with Crippen LogP contribution < -0.4 is 10.2 Å². The number of halogens is 1. The Morgan fingerprint density at radius 3 is 2.76 bits per heavy atom. The van der Waals surface area contributed by atoms with Crippen molar-refractivity contribution in [2.75, 3.05) is 36.5 Å². The first-order valence-corrected chi connectivity index (χ1v) is 8.77. The summed E-state index contributed by atoms with van der Waals surface area (Å²) in [5.74, 6) is 0.707. The fourth-order valence-corrected chi connectivity index (χ4v) is 3.33. The van der Waals surface area contributed by atoms with Crippen LogP contribution in [-0.2, 0) is 16.0 Å². The summed E-state index contributed by atoms with van der Waals surface area (Å²) < 4.78 is 10.5. The van der Waals surface area contributed by atoms with E-state index < -0.39 is 0 Å². The van der Waals surface area contributed by atoms with Crippen LogP contribution in [-0.4, -0.2) is 37.4 Å². The zero-order chi connectivity index (χ0) is 17.8. The van der Waals surface area contributed by atoms with Crippen LogP contribution in [0.15, 0.2) is 22.7 Å². The van der Waals surface area contributed by atoms with Gasteiger partial charge in [0.1, 0.15) is 5.76 Å². The number of nitrogens with zero attached hydrogens (tertiary/aromatic N) is 2. The molecule has 0 spiro atoms. The van der Waals surface area contributed by atoms with E-state index in [9.17, 15) is 4.79 Å². The Labute approximate surface area is 152 Å². The molecule has 0 aliphatic carbocycles. The molecule has 0 unspecified atom stereocenters. The van der Waals surface area contributed by atoms with E-state index >= 15 is 0 Å². The zero-order valence-electron chi connectivity index (χ0n) is 14.5. The average Bonchev–Trinajstić information content (AvgIpc) is 2.92. The Bertz CT molecular complexity index is 735. The molecule has 7 heteroatoms. The van der Waals surface area contributed by atoms with E-state index in [1.54, 1.807) is 0 Å². The number of para-hydroxylation sites is 1. The molecule has 6 nitrogen and oxygen atoms in total. The largest absolute Gasteiger partial charge is 0.378 e. The molecule has 3 rings (SSSR count).